The van der Waals surface area contributed by atoms with Gasteiger partial charge in [-0.25, -0.2) is 4.79 Å². The minimum absolute atomic E-state index is 0.0946. The average Bonchev–Trinajstić information content (AvgIpc) is 2.41. The van der Waals surface area contributed by atoms with Crippen molar-refractivity contribution < 1.29 is 19.4 Å². The van der Waals surface area contributed by atoms with Gasteiger partial charge in [0.2, 0.25) is 5.91 Å². The summed E-state index contributed by atoms with van der Waals surface area (Å²) in [4.78, 5) is 25.0. The third kappa shape index (κ3) is 2.61. The quantitative estimate of drug-likeness (QED) is 0.822. The summed E-state index contributed by atoms with van der Waals surface area (Å²) in [6.07, 6.45) is 1.07. The molecule has 5 nitrogen and oxygen atoms in total. The van der Waals surface area contributed by atoms with Crippen LogP contribution in [0.5, 0.6) is 0 Å². The molecule has 0 spiro atoms. The topological polar surface area (TPSA) is 66.8 Å². The summed E-state index contributed by atoms with van der Waals surface area (Å²) in [5, 5.41) is 10.1. The first-order chi connectivity index (χ1) is 8.95. The molecule has 102 valence electrons. The monoisotopic (exact) mass is 263 g/mol. The summed E-state index contributed by atoms with van der Waals surface area (Å²) < 4.78 is 4.55. The molecule has 0 aromatic heterocycles. The van der Waals surface area contributed by atoms with Gasteiger partial charge in [0.15, 0.2) is 5.60 Å². The summed E-state index contributed by atoms with van der Waals surface area (Å²) in [5.41, 5.74) is 0.0835. The van der Waals surface area contributed by atoms with Crippen molar-refractivity contribution in [3.05, 3.63) is 29.8 Å². The minimum Gasteiger partial charge on any atom is -0.467 e. The molecule has 1 unspecified atom stereocenters. The van der Waals surface area contributed by atoms with E-state index in [0.717, 1.165) is 11.3 Å². The van der Waals surface area contributed by atoms with E-state index in [1.807, 2.05) is 24.3 Å². The van der Waals surface area contributed by atoms with E-state index in [2.05, 4.69) is 4.74 Å². The minimum atomic E-state index is -1.71. The molecule has 1 atom stereocenters. The lowest BCUT2D eigenvalue weighted by atomic mass is 9.98. The van der Waals surface area contributed by atoms with Crippen LogP contribution in [0, 0.1) is 0 Å². The fraction of sp³-hybridized carbons (Fsp3) is 0.429. The summed E-state index contributed by atoms with van der Waals surface area (Å²) in [5.74, 6) is -0.841. The number of aryl methyl sites for hydroxylation is 1. The number of β-amino-alcohol motifs (C(OH)–C–C–N with tert-alkyl or cyclic N) is 1. The highest BCUT2D eigenvalue weighted by atomic mass is 16.5. The highest BCUT2D eigenvalue weighted by Gasteiger charge is 2.37. The van der Waals surface area contributed by atoms with Crippen LogP contribution in [-0.2, 0) is 20.7 Å². The number of carbonyl (C=O) groups is 2. The summed E-state index contributed by atoms with van der Waals surface area (Å²) in [6, 6.07) is 7.50. The third-order valence-electron chi connectivity index (χ3n) is 3.28. The summed E-state index contributed by atoms with van der Waals surface area (Å²) in [7, 11) is 1.21. The number of carbonyl (C=O) groups excluding carboxylic acids is 2. The van der Waals surface area contributed by atoms with Crippen LogP contribution in [-0.4, -0.2) is 36.2 Å². The number of rotatable bonds is 3. The number of hydrogen-bond acceptors (Lipinski definition) is 4. The van der Waals surface area contributed by atoms with E-state index in [1.54, 1.807) is 0 Å². The Kier molecular flexibility index (Phi) is 3.57. The molecule has 1 aromatic carbocycles. The molecule has 1 heterocycles. The average molecular weight is 263 g/mol. The molecule has 0 radical (unpaired) electrons. The van der Waals surface area contributed by atoms with Crippen LogP contribution in [0.4, 0.5) is 5.69 Å². The maximum absolute atomic E-state index is 12.0. The largest absolute Gasteiger partial charge is 0.467 e. The summed E-state index contributed by atoms with van der Waals surface area (Å²) >= 11 is 0. The fourth-order valence-electron chi connectivity index (χ4n) is 2.26. The van der Waals surface area contributed by atoms with Crippen LogP contribution in [0.3, 0.4) is 0 Å². The Hall–Kier alpha value is -1.88. The second-order valence-corrected chi connectivity index (χ2v) is 4.87. The Morgan fingerprint density at radius 1 is 1.42 bits per heavy atom. The Morgan fingerprint density at radius 3 is 2.79 bits per heavy atom. The van der Waals surface area contributed by atoms with Gasteiger partial charge >= 0.3 is 5.97 Å². The molecule has 0 bridgehead atoms. The Bertz CT molecular complexity index is 510. The number of hydrogen-bond donors (Lipinski definition) is 1. The van der Waals surface area contributed by atoms with Crippen LogP contribution in [0.2, 0.25) is 0 Å². The first kappa shape index (κ1) is 13.5. The predicted molar refractivity (Wildman–Crippen MR) is 69.8 cm³/mol. The van der Waals surface area contributed by atoms with Gasteiger partial charge in [0, 0.05) is 12.1 Å². The maximum atomic E-state index is 12.0. The molecular formula is C14H17NO4. The fourth-order valence-corrected chi connectivity index (χ4v) is 2.26. The van der Waals surface area contributed by atoms with E-state index >= 15 is 0 Å². The second kappa shape index (κ2) is 5.01. The number of benzene rings is 1. The molecule has 1 aliphatic rings. The smallest absolute Gasteiger partial charge is 0.339 e. The van der Waals surface area contributed by atoms with Crippen molar-refractivity contribution in [2.45, 2.75) is 25.4 Å². The van der Waals surface area contributed by atoms with Crippen molar-refractivity contribution in [3.8, 4) is 0 Å². The highest BCUT2D eigenvalue weighted by Crippen LogP contribution is 2.28. The van der Waals surface area contributed by atoms with Crippen molar-refractivity contribution in [2.24, 2.45) is 0 Å². The number of esters is 1. The number of nitrogens with zero attached hydrogens (tertiary/aromatic N) is 1. The van der Waals surface area contributed by atoms with Crippen LogP contribution >= 0.6 is 0 Å². The Morgan fingerprint density at radius 2 is 2.11 bits per heavy atom. The molecule has 0 saturated heterocycles. The van der Waals surface area contributed by atoms with Gasteiger partial charge in [-0.2, -0.15) is 0 Å². The van der Waals surface area contributed by atoms with Gasteiger partial charge in [-0.1, -0.05) is 18.2 Å². The molecule has 19 heavy (non-hydrogen) atoms. The molecule has 1 N–H and O–H groups in total. The second-order valence-electron chi connectivity index (χ2n) is 4.87. The number of amides is 1. The van der Waals surface area contributed by atoms with E-state index in [-0.39, 0.29) is 12.5 Å². The first-order valence-corrected chi connectivity index (χ1v) is 6.15. The van der Waals surface area contributed by atoms with Crippen molar-refractivity contribution in [1.82, 2.24) is 0 Å². The highest BCUT2D eigenvalue weighted by molar-refractivity contribution is 5.97. The van der Waals surface area contributed by atoms with Gasteiger partial charge in [-0.05, 0) is 25.0 Å². The van der Waals surface area contributed by atoms with Crippen molar-refractivity contribution in [3.63, 3.8) is 0 Å². The molecular weight excluding hydrogens is 246 g/mol. The lowest BCUT2D eigenvalue weighted by molar-refractivity contribution is -0.159. The molecule has 5 heteroatoms. The van der Waals surface area contributed by atoms with Gasteiger partial charge < -0.3 is 14.7 Å². The van der Waals surface area contributed by atoms with Gasteiger partial charge in [-0.15, -0.1) is 0 Å². The lowest BCUT2D eigenvalue weighted by Crippen LogP contribution is -2.50. The lowest BCUT2D eigenvalue weighted by Gasteiger charge is -2.33. The Balaban J connectivity index is 2.29. The van der Waals surface area contributed by atoms with Crippen LogP contribution in [0.25, 0.3) is 0 Å². The Labute approximate surface area is 111 Å². The molecule has 1 aliphatic heterocycles. The SMILES string of the molecule is COC(=O)C(C)(O)CN1C(=O)CCc2ccccc21. The van der Waals surface area contributed by atoms with E-state index in [1.165, 1.54) is 18.9 Å². The third-order valence-corrected chi connectivity index (χ3v) is 3.28. The summed E-state index contributed by atoms with van der Waals surface area (Å²) in [6.45, 7) is 1.25. The van der Waals surface area contributed by atoms with E-state index in [9.17, 15) is 14.7 Å². The van der Waals surface area contributed by atoms with Gasteiger partial charge in [0.05, 0.1) is 13.7 Å². The van der Waals surface area contributed by atoms with Gasteiger partial charge in [-0.3, -0.25) is 4.79 Å². The van der Waals surface area contributed by atoms with Gasteiger partial charge in [0.1, 0.15) is 0 Å². The van der Waals surface area contributed by atoms with E-state index < -0.39 is 11.6 Å². The zero-order valence-corrected chi connectivity index (χ0v) is 11.0. The number of ether oxygens (including phenoxy) is 1. The molecule has 0 aliphatic carbocycles. The standard InChI is InChI=1S/C14H17NO4/c1-14(18,13(17)19-2)9-15-11-6-4-3-5-10(11)7-8-12(15)16/h3-6,18H,7-9H2,1-2H3. The van der Waals surface area contributed by atoms with Crippen molar-refractivity contribution >= 4 is 17.6 Å². The van der Waals surface area contributed by atoms with E-state index in [4.69, 9.17) is 0 Å². The zero-order chi connectivity index (χ0) is 14.0. The number of anilines is 1. The molecule has 0 saturated carbocycles. The molecule has 2 rings (SSSR count). The van der Waals surface area contributed by atoms with Crippen molar-refractivity contribution in [1.29, 1.82) is 0 Å². The van der Waals surface area contributed by atoms with Crippen molar-refractivity contribution in [2.75, 3.05) is 18.6 Å². The number of para-hydroxylation sites is 1. The number of methoxy groups -OCH3 is 1. The number of aliphatic hydroxyl groups is 1. The van der Waals surface area contributed by atoms with Gasteiger partial charge in [0.25, 0.3) is 0 Å². The zero-order valence-electron chi connectivity index (χ0n) is 11.0. The normalized spacial score (nSPS) is 17.6. The molecule has 1 aromatic rings. The van der Waals surface area contributed by atoms with Crippen LogP contribution in [0.15, 0.2) is 24.3 Å². The maximum Gasteiger partial charge on any atom is 0.339 e. The van der Waals surface area contributed by atoms with Crippen LogP contribution < -0.4 is 4.90 Å². The molecule has 0 fully saturated rings. The predicted octanol–water partition coefficient (Wildman–Crippen LogP) is 0.890. The van der Waals surface area contributed by atoms with E-state index in [0.29, 0.717) is 12.8 Å². The first-order valence-electron chi connectivity index (χ1n) is 6.15. The number of fused-ring (bicyclic) bond motifs is 1. The molecule has 1 amide bonds. The van der Waals surface area contributed by atoms with Crippen LogP contribution in [0.1, 0.15) is 18.9 Å².